The molecule has 0 N–H and O–H groups in total. The van der Waals surface area contributed by atoms with Gasteiger partial charge in [-0.3, -0.25) is 4.90 Å². The molecule has 1 unspecified atom stereocenters. The van der Waals surface area contributed by atoms with Crippen molar-refractivity contribution in [2.75, 3.05) is 19.7 Å². The smallest absolute Gasteiger partial charge is 0.261 e. The largest absolute Gasteiger partial charge is 0.407 e. The van der Waals surface area contributed by atoms with E-state index in [2.05, 4.69) is 131 Å². The van der Waals surface area contributed by atoms with Gasteiger partial charge in [-0.15, -0.1) is 0 Å². The Morgan fingerprint density at radius 1 is 0.818 bits per heavy atom. The van der Waals surface area contributed by atoms with Crippen LogP contribution in [0.5, 0.6) is 0 Å². The second-order valence-electron chi connectivity index (χ2n) is 11.3. The highest BCUT2D eigenvalue weighted by molar-refractivity contribution is 6.99. The average molecular weight is 458 g/mol. The molecular formula is C30H39NOSi. The highest BCUT2D eigenvalue weighted by Gasteiger charge is 2.51. The molecule has 1 saturated heterocycles. The Labute approximate surface area is 201 Å². The molecule has 0 spiro atoms. The van der Waals surface area contributed by atoms with Crippen LogP contribution in [0.2, 0.25) is 5.04 Å². The Morgan fingerprint density at radius 3 is 1.79 bits per heavy atom. The van der Waals surface area contributed by atoms with Gasteiger partial charge in [0.15, 0.2) is 0 Å². The molecule has 0 aliphatic carbocycles. The first-order valence-electron chi connectivity index (χ1n) is 12.2. The van der Waals surface area contributed by atoms with Crippen LogP contribution in [0.1, 0.15) is 40.2 Å². The topological polar surface area (TPSA) is 12.5 Å². The fraction of sp³-hybridized carbons (Fsp3) is 0.400. The van der Waals surface area contributed by atoms with E-state index >= 15 is 0 Å². The van der Waals surface area contributed by atoms with E-state index in [1.165, 1.54) is 15.9 Å². The summed E-state index contributed by atoms with van der Waals surface area (Å²) < 4.78 is 7.30. The summed E-state index contributed by atoms with van der Waals surface area (Å²) in [4.78, 5) is 2.61. The molecule has 0 aromatic heterocycles. The fourth-order valence-electron chi connectivity index (χ4n) is 5.56. The third kappa shape index (κ3) is 5.01. The Hall–Kier alpha value is -2.20. The summed E-state index contributed by atoms with van der Waals surface area (Å²) >= 11 is 0. The maximum Gasteiger partial charge on any atom is 0.261 e. The molecule has 174 valence electrons. The molecule has 0 saturated carbocycles. The fourth-order valence-corrected chi connectivity index (χ4v) is 10.2. The lowest BCUT2D eigenvalue weighted by molar-refractivity contribution is 0.169. The zero-order chi connectivity index (χ0) is 23.5. The van der Waals surface area contributed by atoms with Crippen molar-refractivity contribution >= 4 is 18.7 Å². The van der Waals surface area contributed by atoms with Crippen LogP contribution in [0.15, 0.2) is 91.0 Å². The van der Waals surface area contributed by atoms with Gasteiger partial charge in [0, 0.05) is 32.2 Å². The van der Waals surface area contributed by atoms with Gasteiger partial charge in [0.05, 0.1) is 0 Å². The minimum atomic E-state index is -2.49. The predicted molar refractivity (Wildman–Crippen MR) is 143 cm³/mol. The number of nitrogens with zero attached hydrogens (tertiary/aromatic N) is 1. The van der Waals surface area contributed by atoms with E-state index in [1.807, 2.05) is 0 Å². The summed E-state index contributed by atoms with van der Waals surface area (Å²) in [5.41, 5.74) is 1.61. The van der Waals surface area contributed by atoms with Crippen LogP contribution in [0.4, 0.5) is 0 Å². The summed E-state index contributed by atoms with van der Waals surface area (Å²) in [6.07, 6.45) is 0. The lowest BCUT2D eigenvalue weighted by Gasteiger charge is -2.44. The van der Waals surface area contributed by atoms with Crippen LogP contribution < -0.4 is 10.4 Å². The van der Waals surface area contributed by atoms with E-state index in [0.29, 0.717) is 5.92 Å². The van der Waals surface area contributed by atoms with Gasteiger partial charge >= 0.3 is 0 Å². The lowest BCUT2D eigenvalue weighted by Crippen LogP contribution is -2.67. The van der Waals surface area contributed by atoms with Gasteiger partial charge < -0.3 is 4.43 Å². The van der Waals surface area contributed by atoms with Crippen LogP contribution in [0, 0.1) is 11.3 Å². The van der Waals surface area contributed by atoms with Crippen LogP contribution in [-0.4, -0.2) is 32.9 Å². The van der Waals surface area contributed by atoms with Gasteiger partial charge in [0.2, 0.25) is 0 Å². The van der Waals surface area contributed by atoms with Gasteiger partial charge in [-0.05, 0) is 26.4 Å². The second kappa shape index (κ2) is 9.58. The zero-order valence-corrected chi connectivity index (χ0v) is 21.9. The van der Waals surface area contributed by atoms with Crippen LogP contribution >= 0.6 is 0 Å². The van der Waals surface area contributed by atoms with E-state index in [4.69, 9.17) is 4.43 Å². The SMILES string of the molecule is CC1(C)CN(Cc2ccccc2)CC1CO[Si](c1ccccc1)(c1ccccc1)C(C)(C)C. The number of rotatable bonds is 7. The van der Waals surface area contributed by atoms with Crippen LogP contribution in [0.25, 0.3) is 0 Å². The van der Waals surface area contributed by atoms with Crippen molar-refractivity contribution in [3.8, 4) is 0 Å². The summed E-state index contributed by atoms with van der Waals surface area (Å²) in [5.74, 6) is 0.503. The summed E-state index contributed by atoms with van der Waals surface area (Å²) in [6, 6.07) is 32.8. The molecule has 3 heteroatoms. The Kier molecular flexibility index (Phi) is 6.95. The molecule has 2 nitrogen and oxygen atoms in total. The van der Waals surface area contributed by atoms with E-state index in [1.54, 1.807) is 0 Å². The normalized spacial score (nSPS) is 19.0. The molecular weight excluding hydrogens is 418 g/mol. The standard InChI is InChI=1S/C30H39NOSi/c1-29(2,3)33(27-17-11-7-12-18-27,28-19-13-8-14-20-28)32-23-26-22-31(24-30(26,4)5)21-25-15-9-6-10-16-25/h6-20,26H,21-24H2,1-5H3. The minimum absolute atomic E-state index is 0.0161. The molecule has 33 heavy (non-hydrogen) atoms. The van der Waals surface area contributed by atoms with Crippen molar-refractivity contribution in [3.63, 3.8) is 0 Å². The van der Waals surface area contributed by atoms with Gasteiger partial charge in [-0.2, -0.15) is 0 Å². The highest BCUT2D eigenvalue weighted by Crippen LogP contribution is 2.40. The van der Waals surface area contributed by atoms with Crippen molar-refractivity contribution in [1.82, 2.24) is 4.90 Å². The summed E-state index contributed by atoms with van der Waals surface area (Å²) in [5, 5.41) is 2.74. The predicted octanol–water partition coefficient (Wildman–Crippen LogP) is 5.72. The molecule has 1 fully saturated rings. The van der Waals surface area contributed by atoms with Crippen molar-refractivity contribution in [3.05, 3.63) is 96.6 Å². The monoisotopic (exact) mass is 457 g/mol. The van der Waals surface area contributed by atoms with Gasteiger partial charge in [0.25, 0.3) is 8.32 Å². The number of hydrogen-bond donors (Lipinski definition) is 0. The molecule has 1 heterocycles. The maximum absolute atomic E-state index is 7.30. The molecule has 1 aliphatic heterocycles. The minimum Gasteiger partial charge on any atom is -0.407 e. The van der Waals surface area contributed by atoms with Gasteiger partial charge in [0.1, 0.15) is 0 Å². The van der Waals surface area contributed by atoms with Crippen molar-refractivity contribution in [1.29, 1.82) is 0 Å². The van der Waals surface area contributed by atoms with Crippen LogP contribution in [-0.2, 0) is 11.0 Å². The molecule has 4 rings (SSSR count). The molecule has 1 atom stereocenters. The molecule has 3 aromatic carbocycles. The third-order valence-electron chi connectivity index (χ3n) is 7.38. The first-order valence-corrected chi connectivity index (χ1v) is 14.1. The van der Waals surface area contributed by atoms with E-state index in [0.717, 1.165) is 26.2 Å². The molecule has 0 amide bonds. The zero-order valence-electron chi connectivity index (χ0n) is 20.9. The average Bonchev–Trinajstić information content (AvgIpc) is 3.08. The molecule has 0 radical (unpaired) electrons. The van der Waals surface area contributed by atoms with Gasteiger partial charge in [-0.25, -0.2) is 0 Å². The summed E-state index contributed by atoms with van der Waals surface area (Å²) in [7, 11) is -2.49. The summed E-state index contributed by atoms with van der Waals surface area (Å²) in [6.45, 7) is 15.9. The van der Waals surface area contributed by atoms with E-state index in [9.17, 15) is 0 Å². The van der Waals surface area contributed by atoms with Crippen molar-refractivity contribution < 1.29 is 4.43 Å². The quantitative estimate of drug-likeness (QED) is 0.421. The maximum atomic E-state index is 7.30. The molecule has 3 aromatic rings. The Morgan fingerprint density at radius 2 is 1.30 bits per heavy atom. The number of benzene rings is 3. The third-order valence-corrected chi connectivity index (χ3v) is 12.4. The second-order valence-corrected chi connectivity index (χ2v) is 15.6. The number of likely N-dealkylation sites (tertiary alicyclic amines) is 1. The van der Waals surface area contributed by atoms with Crippen LogP contribution in [0.3, 0.4) is 0 Å². The lowest BCUT2D eigenvalue weighted by atomic mass is 9.83. The van der Waals surface area contributed by atoms with Crippen molar-refractivity contribution in [2.45, 2.75) is 46.2 Å². The molecule has 1 aliphatic rings. The van der Waals surface area contributed by atoms with Crippen molar-refractivity contribution in [2.24, 2.45) is 11.3 Å². The highest BCUT2D eigenvalue weighted by atomic mass is 28.4. The number of hydrogen-bond acceptors (Lipinski definition) is 2. The first-order chi connectivity index (χ1) is 15.7. The Balaban J connectivity index is 1.62. The van der Waals surface area contributed by atoms with Gasteiger partial charge in [-0.1, -0.05) is 126 Å². The molecule has 0 bridgehead atoms. The van der Waals surface area contributed by atoms with E-state index < -0.39 is 8.32 Å². The van der Waals surface area contributed by atoms with E-state index in [-0.39, 0.29) is 10.5 Å². The first kappa shape index (κ1) is 23.9. The Bertz CT molecular complexity index is 972.